The number of aryl methyl sites for hydroxylation is 2. The predicted molar refractivity (Wildman–Crippen MR) is 118 cm³/mol. The molecule has 0 atom stereocenters. The van der Waals surface area contributed by atoms with Gasteiger partial charge in [-0.1, -0.05) is 46.3 Å². The summed E-state index contributed by atoms with van der Waals surface area (Å²) >= 11 is 3.41. The van der Waals surface area contributed by atoms with Crippen LogP contribution in [0.5, 0.6) is 0 Å². The van der Waals surface area contributed by atoms with Gasteiger partial charge >= 0.3 is 6.03 Å². The number of nitrogens with zero attached hydrogens (tertiary/aromatic N) is 2. The summed E-state index contributed by atoms with van der Waals surface area (Å²) in [6.45, 7) is 4.02. The van der Waals surface area contributed by atoms with Gasteiger partial charge in [-0.25, -0.2) is 13.2 Å². The Morgan fingerprint density at radius 1 is 0.897 bits per heavy atom. The Morgan fingerprint density at radius 3 is 2.17 bits per heavy atom. The smallest absolute Gasteiger partial charge is 0.287 e. The summed E-state index contributed by atoms with van der Waals surface area (Å²) < 4.78 is 28.6. The van der Waals surface area contributed by atoms with Crippen LogP contribution in [0.2, 0.25) is 0 Å². The Morgan fingerprint density at radius 2 is 1.52 bits per heavy atom. The van der Waals surface area contributed by atoms with Gasteiger partial charge < -0.3 is 0 Å². The van der Waals surface area contributed by atoms with Crippen molar-refractivity contribution >= 4 is 43.4 Å². The molecule has 3 aromatic rings. The molecule has 0 spiro atoms. The standard InChI is InChI=1S/C22H19BrN2O3S/c1-15-11-16(2)13-19(12-15)25-22(26)24(14-17-7-9-18(23)10-8-17)20-5-3-4-6-21(20)29(25,27)28/h3-13H,14H2,1-2H3. The largest absolute Gasteiger partial charge is 0.343 e. The van der Waals surface area contributed by atoms with Gasteiger partial charge in [-0.2, -0.15) is 4.31 Å². The molecule has 5 nitrogen and oxygen atoms in total. The number of urea groups is 1. The molecular weight excluding hydrogens is 452 g/mol. The van der Waals surface area contributed by atoms with Crippen molar-refractivity contribution in [2.45, 2.75) is 25.3 Å². The van der Waals surface area contributed by atoms with E-state index in [-0.39, 0.29) is 11.4 Å². The summed E-state index contributed by atoms with van der Waals surface area (Å²) in [4.78, 5) is 15.1. The van der Waals surface area contributed by atoms with Gasteiger partial charge in [0.25, 0.3) is 10.0 Å². The second-order valence-corrected chi connectivity index (χ2v) is 9.75. The van der Waals surface area contributed by atoms with Crippen molar-refractivity contribution in [2.75, 3.05) is 9.21 Å². The fourth-order valence-corrected chi connectivity index (χ4v) is 5.40. The monoisotopic (exact) mass is 470 g/mol. The highest BCUT2D eigenvalue weighted by Gasteiger charge is 2.42. The zero-order chi connectivity index (χ0) is 20.8. The second kappa shape index (κ2) is 7.31. The molecule has 0 aromatic heterocycles. The lowest BCUT2D eigenvalue weighted by Crippen LogP contribution is -2.50. The number of para-hydroxylation sites is 1. The zero-order valence-corrected chi connectivity index (χ0v) is 18.4. The first-order valence-electron chi connectivity index (χ1n) is 9.06. The molecule has 1 heterocycles. The molecule has 0 saturated heterocycles. The lowest BCUT2D eigenvalue weighted by molar-refractivity contribution is 0.253. The van der Waals surface area contributed by atoms with E-state index in [9.17, 15) is 13.2 Å². The maximum atomic E-state index is 13.5. The molecule has 1 aliphatic rings. The van der Waals surface area contributed by atoms with E-state index in [1.54, 1.807) is 36.4 Å². The van der Waals surface area contributed by atoms with Gasteiger partial charge in [-0.3, -0.25) is 4.90 Å². The molecule has 0 aliphatic carbocycles. The number of hydrogen-bond acceptors (Lipinski definition) is 3. The van der Waals surface area contributed by atoms with Crippen LogP contribution in [0.3, 0.4) is 0 Å². The van der Waals surface area contributed by atoms with E-state index < -0.39 is 16.1 Å². The number of carbonyl (C=O) groups is 1. The molecule has 2 amide bonds. The van der Waals surface area contributed by atoms with E-state index in [2.05, 4.69) is 15.9 Å². The highest BCUT2D eigenvalue weighted by molar-refractivity contribution is 9.10. The number of hydrogen-bond donors (Lipinski definition) is 0. The van der Waals surface area contributed by atoms with Crippen LogP contribution in [0.15, 0.2) is 76.1 Å². The summed E-state index contributed by atoms with van der Waals surface area (Å²) in [7, 11) is -4.02. The molecule has 0 fully saturated rings. The maximum Gasteiger partial charge on any atom is 0.343 e. The topological polar surface area (TPSA) is 57.7 Å². The van der Waals surface area contributed by atoms with E-state index in [0.29, 0.717) is 11.4 Å². The van der Waals surface area contributed by atoms with Crippen LogP contribution in [0.1, 0.15) is 16.7 Å². The molecule has 0 saturated carbocycles. The fraction of sp³-hybridized carbons (Fsp3) is 0.136. The molecule has 3 aromatic carbocycles. The Bertz CT molecular complexity index is 1190. The third-order valence-corrected chi connectivity index (χ3v) is 7.05. The Balaban J connectivity index is 1.88. The number of fused-ring (bicyclic) bond motifs is 1. The first-order valence-corrected chi connectivity index (χ1v) is 11.3. The molecular formula is C22H19BrN2O3S. The predicted octanol–water partition coefficient (Wildman–Crippen LogP) is 5.40. The second-order valence-electron chi connectivity index (χ2n) is 7.08. The first kappa shape index (κ1) is 19.7. The third-order valence-electron chi connectivity index (χ3n) is 4.77. The van der Waals surface area contributed by atoms with Gasteiger partial charge in [0, 0.05) is 4.47 Å². The fourth-order valence-electron chi connectivity index (χ4n) is 3.55. The van der Waals surface area contributed by atoms with E-state index in [1.807, 2.05) is 44.2 Å². The van der Waals surface area contributed by atoms with Crippen LogP contribution in [0, 0.1) is 13.8 Å². The average Bonchev–Trinajstić information content (AvgIpc) is 2.66. The van der Waals surface area contributed by atoms with Crippen LogP contribution in [-0.4, -0.2) is 14.4 Å². The maximum absolute atomic E-state index is 13.5. The van der Waals surface area contributed by atoms with Crippen molar-refractivity contribution in [3.8, 4) is 0 Å². The van der Waals surface area contributed by atoms with Gasteiger partial charge in [0.1, 0.15) is 4.90 Å². The number of sulfonamides is 1. The number of carbonyl (C=O) groups excluding carboxylic acids is 1. The van der Waals surface area contributed by atoms with Gasteiger partial charge in [-0.05, 0) is 66.9 Å². The first-order chi connectivity index (χ1) is 13.8. The van der Waals surface area contributed by atoms with Crippen LogP contribution in [0.4, 0.5) is 16.2 Å². The third kappa shape index (κ3) is 3.56. The molecule has 1 aliphatic heterocycles. The Labute approximate surface area is 178 Å². The number of rotatable bonds is 3. The summed E-state index contributed by atoms with van der Waals surface area (Å²) in [6.07, 6.45) is 0. The summed E-state index contributed by atoms with van der Waals surface area (Å²) in [5.41, 5.74) is 3.42. The molecule has 0 bridgehead atoms. The quantitative estimate of drug-likeness (QED) is 0.514. The van der Waals surface area contributed by atoms with E-state index in [1.165, 1.54) is 4.90 Å². The van der Waals surface area contributed by atoms with Crippen LogP contribution < -0.4 is 9.21 Å². The van der Waals surface area contributed by atoms with Crippen molar-refractivity contribution < 1.29 is 13.2 Å². The summed E-state index contributed by atoms with van der Waals surface area (Å²) in [6, 6.07) is 19.0. The van der Waals surface area contributed by atoms with Crippen LogP contribution >= 0.6 is 15.9 Å². The normalized spacial score (nSPS) is 15.3. The average molecular weight is 471 g/mol. The minimum Gasteiger partial charge on any atom is -0.287 e. The van der Waals surface area contributed by atoms with E-state index in [0.717, 1.165) is 25.5 Å². The number of anilines is 2. The highest BCUT2D eigenvalue weighted by atomic mass is 79.9. The lowest BCUT2D eigenvalue weighted by Gasteiger charge is -2.36. The number of halogens is 1. The molecule has 0 unspecified atom stereocenters. The Kier molecular flexibility index (Phi) is 4.96. The molecule has 148 valence electrons. The molecule has 29 heavy (non-hydrogen) atoms. The number of amides is 2. The van der Waals surface area contributed by atoms with Crippen molar-refractivity contribution in [3.63, 3.8) is 0 Å². The van der Waals surface area contributed by atoms with Crippen LogP contribution in [0.25, 0.3) is 0 Å². The van der Waals surface area contributed by atoms with Crippen molar-refractivity contribution in [3.05, 3.63) is 87.9 Å². The highest BCUT2D eigenvalue weighted by Crippen LogP contribution is 2.38. The van der Waals surface area contributed by atoms with Gasteiger partial charge in [0.2, 0.25) is 0 Å². The van der Waals surface area contributed by atoms with Gasteiger partial charge in [-0.15, -0.1) is 0 Å². The Hall–Kier alpha value is -2.64. The lowest BCUT2D eigenvalue weighted by atomic mass is 10.1. The van der Waals surface area contributed by atoms with E-state index in [4.69, 9.17) is 0 Å². The van der Waals surface area contributed by atoms with Gasteiger partial charge in [0.15, 0.2) is 0 Å². The van der Waals surface area contributed by atoms with Crippen molar-refractivity contribution in [1.29, 1.82) is 0 Å². The molecule has 4 rings (SSSR count). The minimum absolute atomic E-state index is 0.121. The molecule has 7 heteroatoms. The van der Waals surface area contributed by atoms with Crippen LogP contribution in [-0.2, 0) is 16.6 Å². The zero-order valence-electron chi connectivity index (χ0n) is 16.0. The summed E-state index contributed by atoms with van der Waals surface area (Å²) in [5, 5.41) is 0. The summed E-state index contributed by atoms with van der Waals surface area (Å²) in [5.74, 6) is 0. The van der Waals surface area contributed by atoms with Crippen molar-refractivity contribution in [1.82, 2.24) is 0 Å². The van der Waals surface area contributed by atoms with E-state index >= 15 is 0 Å². The van der Waals surface area contributed by atoms with Crippen molar-refractivity contribution in [2.24, 2.45) is 0 Å². The molecule has 0 radical (unpaired) electrons. The van der Waals surface area contributed by atoms with Gasteiger partial charge in [0.05, 0.1) is 17.9 Å². The minimum atomic E-state index is -4.02. The number of benzene rings is 3. The SMILES string of the molecule is Cc1cc(C)cc(N2C(=O)N(Cc3ccc(Br)cc3)c3ccccc3S2(=O)=O)c1. The molecule has 0 N–H and O–H groups in total.